The highest BCUT2D eigenvalue weighted by Gasteiger charge is 2.33. The van der Waals surface area contributed by atoms with Gasteiger partial charge in [-0.25, -0.2) is 8.42 Å². The third-order valence-electron chi connectivity index (χ3n) is 5.48. The zero-order valence-electron chi connectivity index (χ0n) is 17.7. The zero-order valence-corrected chi connectivity index (χ0v) is 19.2. The lowest BCUT2D eigenvalue weighted by molar-refractivity contribution is -0.137. The molecule has 0 aromatic heterocycles. The van der Waals surface area contributed by atoms with E-state index < -0.39 is 45.9 Å². The van der Waals surface area contributed by atoms with Crippen LogP contribution in [0.2, 0.25) is 5.02 Å². The highest BCUT2D eigenvalue weighted by Crippen LogP contribution is 2.36. The quantitative estimate of drug-likeness (QED) is 0.630. The second-order valence-corrected chi connectivity index (χ2v) is 10.3. The summed E-state index contributed by atoms with van der Waals surface area (Å²) in [5.41, 5.74) is 1.94. The number of aryl methyl sites for hydroxylation is 2. The number of nitrogens with one attached hydrogen (secondary N) is 1. The summed E-state index contributed by atoms with van der Waals surface area (Å²) < 4.78 is 64.5. The van der Waals surface area contributed by atoms with E-state index in [0.717, 1.165) is 49.6 Å². The van der Waals surface area contributed by atoms with Gasteiger partial charge in [-0.15, -0.1) is 0 Å². The molecule has 3 rings (SSSR count). The molecule has 0 saturated carbocycles. The van der Waals surface area contributed by atoms with Crippen LogP contribution in [0.3, 0.4) is 0 Å². The van der Waals surface area contributed by atoms with E-state index >= 15 is 0 Å². The van der Waals surface area contributed by atoms with Gasteiger partial charge < -0.3 is 5.32 Å². The highest BCUT2D eigenvalue weighted by atomic mass is 35.5. The number of carbonyl (C=O) groups excluding carboxylic acids is 1. The molecule has 0 bridgehead atoms. The summed E-state index contributed by atoms with van der Waals surface area (Å²) in [5.74, 6) is -0.658. The third-order valence-corrected chi connectivity index (χ3v) is 6.93. The predicted molar refractivity (Wildman–Crippen MR) is 118 cm³/mol. The molecule has 1 N–H and O–H groups in total. The number of carbonyl (C=O) groups is 1. The first-order chi connectivity index (χ1) is 14.9. The number of rotatable bonds is 6. The van der Waals surface area contributed by atoms with Crippen molar-refractivity contribution in [2.24, 2.45) is 0 Å². The molecule has 5 nitrogen and oxygen atoms in total. The number of hydrogen-bond acceptors (Lipinski definition) is 3. The Balaban J connectivity index is 1.81. The Morgan fingerprint density at radius 1 is 1.12 bits per heavy atom. The molecule has 1 aliphatic carbocycles. The summed E-state index contributed by atoms with van der Waals surface area (Å²) in [6, 6.07) is 7.94. The molecule has 0 saturated heterocycles. The van der Waals surface area contributed by atoms with Gasteiger partial charge in [0.25, 0.3) is 0 Å². The van der Waals surface area contributed by atoms with Crippen molar-refractivity contribution in [3.8, 4) is 0 Å². The van der Waals surface area contributed by atoms with Gasteiger partial charge in [0.1, 0.15) is 6.54 Å². The Bertz CT molecular complexity index is 1120. The Hall–Kier alpha value is -2.26. The lowest BCUT2D eigenvalue weighted by Crippen LogP contribution is -2.41. The van der Waals surface area contributed by atoms with Gasteiger partial charge in [0.15, 0.2) is 0 Å². The van der Waals surface area contributed by atoms with E-state index in [1.54, 1.807) is 6.92 Å². The van der Waals surface area contributed by atoms with Crippen LogP contribution in [0.4, 0.5) is 18.9 Å². The van der Waals surface area contributed by atoms with Crippen molar-refractivity contribution in [2.45, 2.75) is 44.8 Å². The van der Waals surface area contributed by atoms with Crippen LogP contribution in [0.1, 0.15) is 48.1 Å². The van der Waals surface area contributed by atoms with Gasteiger partial charge in [0.05, 0.1) is 28.6 Å². The maximum Gasteiger partial charge on any atom is 0.416 e. The largest absolute Gasteiger partial charge is 0.416 e. The first kappa shape index (κ1) is 24.4. The van der Waals surface area contributed by atoms with Gasteiger partial charge >= 0.3 is 6.18 Å². The SMILES string of the molecule is CC(NC(=O)CN(c1cc(C(F)(F)F)ccc1Cl)S(C)(=O)=O)c1ccc2c(c1)CCCC2. The van der Waals surface area contributed by atoms with Crippen LogP contribution in [0.25, 0.3) is 0 Å². The van der Waals surface area contributed by atoms with E-state index in [1.165, 1.54) is 11.1 Å². The summed E-state index contributed by atoms with van der Waals surface area (Å²) in [5, 5.41) is 2.52. The Labute approximate surface area is 190 Å². The minimum Gasteiger partial charge on any atom is -0.348 e. The van der Waals surface area contributed by atoms with Crippen LogP contribution in [-0.2, 0) is 33.8 Å². The first-order valence-electron chi connectivity index (χ1n) is 10.1. The monoisotopic (exact) mass is 488 g/mol. The molecule has 32 heavy (non-hydrogen) atoms. The van der Waals surface area contributed by atoms with Crippen molar-refractivity contribution in [2.75, 3.05) is 17.1 Å². The predicted octanol–water partition coefficient (Wildman–Crippen LogP) is 4.88. The Morgan fingerprint density at radius 3 is 2.41 bits per heavy atom. The van der Waals surface area contributed by atoms with Gasteiger partial charge in [-0.2, -0.15) is 13.2 Å². The number of anilines is 1. The normalized spacial score (nSPS) is 15.1. The summed E-state index contributed by atoms with van der Waals surface area (Å²) in [6.07, 6.45) is 0.378. The lowest BCUT2D eigenvalue weighted by atomic mass is 9.89. The fourth-order valence-electron chi connectivity index (χ4n) is 3.78. The van der Waals surface area contributed by atoms with E-state index in [1.807, 2.05) is 18.2 Å². The molecule has 1 amide bonds. The number of halogens is 4. The van der Waals surface area contributed by atoms with Gasteiger partial charge in [-0.3, -0.25) is 9.10 Å². The van der Waals surface area contributed by atoms with Crippen LogP contribution in [0, 0.1) is 0 Å². The van der Waals surface area contributed by atoms with Gasteiger partial charge in [0, 0.05) is 0 Å². The standard InChI is InChI=1S/C22H24ClF3N2O3S/c1-14(16-8-7-15-5-3-4-6-17(15)11-16)27-21(29)13-28(32(2,30)31)20-12-18(22(24,25)26)9-10-19(20)23/h7-12,14H,3-6,13H2,1-2H3,(H,27,29). The molecule has 1 unspecified atom stereocenters. The molecule has 2 aromatic carbocycles. The smallest absolute Gasteiger partial charge is 0.348 e. The molecule has 174 valence electrons. The second-order valence-electron chi connectivity index (χ2n) is 7.96. The molecule has 0 radical (unpaired) electrons. The molecule has 1 aliphatic rings. The summed E-state index contributed by atoms with van der Waals surface area (Å²) >= 11 is 5.99. The van der Waals surface area contributed by atoms with Crippen LogP contribution in [0.15, 0.2) is 36.4 Å². The molecule has 1 atom stereocenters. The van der Waals surface area contributed by atoms with E-state index in [4.69, 9.17) is 11.6 Å². The molecule has 0 heterocycles. The van der Waals surface area contributed by atoms with Gasteiger partial charge in [0.2, 0.25) is 15.9 Å². The zero-order chi connectivity index (χ0) is 23.7. The average molecular weight is 489 g/mol. The highest BCUT2D eigenvalue weighted by molar-refractivity contribution is 7.92. The molecule has 0 fully saturated rings. The number of fused-ring (bicyclic) bond motifs is 1. The summed E-state index contributed by atoms with van der Waals surface area (Å²) in [4.78, 5) is 12.7. The number of benzene rings is 2. The Morgan fingerprint density at radius 2 is 1.78 bits per heavy atom. The molecule has 10 heteroatoms. The number of nitrogens with zero attached hydrogens (tertiary/aromatic N) is 1. The number of sulfonamides is 1. The van der Waals surface area contributed by atoms with Gasteiger partial charge in [-0.05, 0) is 67.5 Å². The Kier molecular flexibility index (Phi) is 7.09. The molecule has 0 aliphatic heterocycles. The van der Waals surface area contributed by atoms with Gasteiger partial charge in [-0.1, -0.05) is 29.8 Å². The number of hydrogen-bond donors (Lipinski definition) is 1. The third kappa shape index (κ3) is 5.75. The summed E-state index contributed by atoms with van der Waals surface area (Å²) in [7, 11) is -4.09. The van der Waals surface area contributed by atoms with E-state index in [2.05, 4.69) is 5.32 Å². The van der Waals surface area contributed by atoms with Crippen LogP contribution < -0.4 is 9.62 Å². The fraction of sp³-hybridized carbons (Fsp3) is 0.409. The minimum atomic E-state index is -4.69. The van der Waals surface area contributed by atoms with E-state index in [0.29, 0.717) is 10.4 Å². The topological polar surface area (TPSA) is 66.5 Å². The van der Waals surface area contributed by atoms with Crippen LogP contribution >= 0.6 is 11.6 Å². The first-order valence-corrected chi connectivity index (χ1v) is 12.3. The van der Waals surface area contributed by atoms with E-state index in [9.17, 15) is 26.4 Å². The average Bonchev–Trinajstić information content (AvgIpc) is 2.70. The molecule has 2 aromatic rings. The number of amides is 1. The van der Waals surface area contributed by atoms with Crippen molar-refractivity contribution in [1.29, 1.82) is 0 Å². The van der Waals surface area contributed by atoms with Crippen molar-refractivity contribution >= 4 is 33.2 Å². The molecular weight excluding hydrogens is 465 g/mol. The van der Waals surface area contributed by atoms with Crippen molar-refractivity contribution < 1.29 is 26.4 Å². The van der Waals surface area contributed by atoms with E-state index in [-0.39, 0.29) is 5.02 Å². The maximum atomic E-state index is 13.1. The molecular formula is C22H24ClF3N2O3S. The van der Waals surface area contributed by atoms with Crippen molar-refractivity contribution in [1.82, 2.24) is 5.32 Å². The van der Waals surface area contributed by atoms with Crippen molar-refractivity contribution in [3.63, 3.8) is 0 Å². The van der Waals surface area contributed by atoms with Crippen molar-refractivity contribution in [3.05, 3.63) is 63.7 Å². The molecule has 0 spiro atoms. The maximum absolute atomic E-state index is 13.1. The second kappa shape index (κ2) is 9.31. The fourth-order valence-corrected chi connectivity index (χ4v) is 4.91. The lowest BCUT2D eigenvalue weighted by Gasteiger charge is -2.25. The van der Waals surface area contributed by atoms with Crippen LogP contribution in [0.5, 0.6) is 0 Å². The minimum absolute atomic E-state index is 0.209. The van der Waals surface area contributed by atoms with Crippen LogP contribution in [-0.4, -0.2) is 27.1 Å². The number of alkyl halides is 3. The summed E-state index contributed by atoms with van der Waals surface area (Å²) in [6.45, 7) is 1.07.